The molecule has 1 aliphatic heterocycles. The van der Waals surface area contributed by atoms with Crippen LogP contribution < -0.4 is 15.4 Å². The SMILES string of the molecule is CN=C(NCc1cccc(CS(=O)(=O)NC)c1)NC1CCN(CC(F)(F)F)C1.I. The Labute approximate surface area is 186 Å². The number of hydrogen-bond donors (Lipinski definition) is 3. The van der Waals surface area contributed by atoms with Crippen molar-refractivity contribution < 1.29 is 21.6 Å². The van der Waals surface area contributed by atoms with Crippen LogP contribution in [0, 0.1) is 0 Å². The lowest BCUT2D eigenvalue weighted by molar-refractivity contribution is -0.143. The molecule has 1 atom stereocenters. The fourth-order valence-electron chi connectivity index (χ4n) is 3.04. The molecule has 1 heterocycles. The molecule has 3 N–H and O–H groups in total. The lowest BCUT2D eigenvalue weighted by Gasteiger charge is -2.20. The van der Waals surface area contributed by atoms with Crippen molar-refractivity contribution in [3.8, 4) is 0 Å². The summed E-state index contributed by atoms with van der Waals surface area (Å²) in [5.74, 6) is 0.383. The summed E-state index contributed by atoms with van der Waals surface area (Å²) in [6.45, 7) is 0.194. The highest BCUT2D eigenvalue weighted by atomic mass is 127. The molecule has 0 bridgehead atoms. The largest absolute Gasteiger partial charge is 0.401 e. The molecule has 12 heteroatoms. The highest BCUT2D eigenvalue weighted by molar-refractivity contribution is 14.0. The molecule has 0 aliphatic carbocycles. The first-order valence-corrected chi connectivity index (χ1v) is 10.5. The van der Waals surface area contributed by atoms with Crippen molar-refractivity contribution >= 4 is 40.0 Å². The Balaban J connectivity index is 0.00000420. The second-order valence-electron chi connectivity index (χ2n) is 6.69. The van der Waals surface area contributed by atoms with Gasteiger partial charge in [0.05, 0.1) is 12.3 Å². The predicted octanol–water partition coefficient (Wildman–Crippen LogP) is 1.66. The number of nitrogens with zero attached hydrogens (tertiary/aromatic N) is 2. The van der Waals surface area contributed by atoms with Gasteiger partial charge in [0.2, 0.25) is 10.0 Å². The van der Waals surface area contributed by atoms with Gasteiger partial charge >= 0.3 is 6.18 Å². The van der Waals surface area contributed by atoms with Gasteiger partial charge in [0.15, 0.2) is 5.96 Å². The number of nitrogens with one attached hydrogen (secondary N) is 3. The van der Waals surface area contributed by atoms with Crippen LogP contribution in [0.15, 0.2) is 29.3 Å². The molecule has 0 spiro atoms. The third kappa shape index (κ3) is 9.49. The quantitative estimate of drug-likeness (QED) is 0.274. The number of rotatable bonds is 7. The van der Waals surface area contributed by atoms with E-state index in [4.69, 9.17) is 0 Å². The molecule has 1 aliphatic rings. The van der Waals surface area contributed by atoms with Crippen molar-refractivity contribution in [3.05, 3.63) is 35.4 Å². The first-order valence-electron chi connectivity index (χ1n) is 8.85. The average Bonchev–Trinajstić information content (AvgIpc) is 3.03. The fraction of sp³-hybridized carbons (Fsp3) is 0.588. The molecule has 2 rings (SSSR count). The monoisotopic (exact) mass is 549 g/mol. The second kappa shape index (κ2) is 11.3. The zero-order chi connectivity index (χ0) is 20.8. The highest BCUT2D eigenvalue weighted by Crippen LogP contribution is 2.19. The lowest BCUT2D eigenvalue weighted by atomic mass is 10.1. The number of hydrogen-bond acceptors (Lipinski definition) is 4. The molecule has 0 saturated carbocycles. The van der Waals surface area contributed by atoms with Crippen LogP contribution in [0.3, 0.4) is 0 Å². The Bertz CT molecular complexity index is 790. The molecule has 0 aromatic heterocycles. The average molecular weight is 549 g/mol. The number of aliphatic imine (C=N–C) groups is 1. The molecule has 0 amide bonds. The van der Waals surface area contributed by atoms with E-state index in [-0.39, 0.29) is 35.8 Å². The van der Waals surface area contributed by atoms with Crippen molar-refractivity contribution in [1.29, 1.82) is 0 Å². The summed E-state index contributed by atoms with van der Waals surface area (Å²) in [4.78, 5) is 5.48. The van der Waals surface area contributed by atoms with Gasteiger partial charge in [-0.1, -0.05) is 24.3 Å². The van der Waals surface area contributed by atoms with Gasteiger partial charge in [0, 0.05) is 32.7 Å². The maximum atomic E-state index is 12.5. The Morgan fingerprint density at radius 1 is 1.31 bits per heavy atom. The second-order valence-corrected chi connectivity index (χ2v) is 8.62. The van der Waals surface area contributed by atoms with E-state index in [9.17, 15) is 21.6 Å². The number of alkyl halides is 3. The molecule has 166 valence electrons. The van der Waals surface area contributed by atoms with Gasteiger partial charge in [-0.2, -0.15) is 13.2 Å². The maximum absolute atomic E-state index is 12.5. The van der Waals surface area contributed by atoms with Crippen LogP contribution in [0.2, 0.25) is 0 Å². The molecular weight excluding hydrogens is 522 g/mol. The molecular formula is C17H27F3IN5O2S. The van der Waals surface area contributed by atoms with Crippen LogP contribution in [0.1, 0.15) is 17.5 Å². The summed E-state index contributed by atoms with van der Waals surface area (Å²) >= 11 is 0. The van der Waals surface area contributed by atoms with Gasteiger partial charge in [0.1, 0.15) is 0 Å². The van der Waals surface area contributed by atoms with Crippen LogP contribution in [-0.2, 0) is 22.3 Å². The highest BCUT2D eigenvalue weighted by Gasteiger charge is 2.34. The van der Waals surface area contributed by atoms with Gasteiger partial charge in [0.25, 0.3) is 0 Å². The van der Waals surface area contributed by atoms with E-state index in [1.807, 2.05) is 6.07 Å². The van der Waals surface area contributed by atoms with Gasteiger partial charge in [-0.25, -0.2) is 13.1 Å². The van der Waals surface area contributed by atoms with Crippen LogP contribution >= 0.6 is 24.0 Å². The Kier molecular flexibility index (Phi) is 10.1. The van der Waals surface area contributed by atoms with Gasteiger partial charge in [-0.05, 0) is 24.6 Å². The van der Waals surface area contributed by atoms with E-state index >= 15 is 0 Å². The number of likely N-dealkylation sites (tertiary alicyclic amines) is 1. The Morgan fingerprint density at radius 3 is 2.62 bits per heavy atom. The minimum Gasteiger partial charge on any atom is -0.352 e. The van der Waals surface area contributed by atoms with Crippen LogP contribution in [0.4, 0.5) is 13.2 Å². The van der Waals surface area contributed by atoms with Crippen LogP contribution in [-0.4, -0.2) is 65.2 Å². The Hall–Kier alpha value is -1.12. The first kappa shape index (κ1) is 25.9. The van der Waals surface area contributed by atoms with Gasteiger partial charge in [-0.15, -0.1) is 24.0 Å². The van der Waals surface area contributed by atoms with E-state index in [1.165, 1.54) is 11.9 Å². The van der Waals surface area contributed by atoms with E-state index in [0.717, 1.165) is 5.56 Å². The lowest BCUT2D eigenvalue weighted by Crippen LogP contribution is -2.44. The summed E-state index contributed by atoms with van der Waals surface area (Å²) < 4.78 is 63.1. The van der Waals surface area contributed by atoms with E-state index in [0.29, 0.717) is 37.6 Å². The predicted molar refractivity (Wildman–Crippen MR) is 118 cm³/mol. The van der Waals surface area contributed by atoms with E-state index in [2.05, 4.69) is 20.3 Å². The number of halogens is 4. The summed E-state index contributed by atoms with van der Waals surface area (Å²) in [6.07, 6.45) is -3.59. The fourth-order valence-corrected chi connectivity index (χ4v) is 3.81. The molecule has 7 nitrogen and oxygen atoms in total. The maximum Gasteiger partial charge on any atom is 0.401 e. The van der Waals surface area contributed by atoms with E-state index < -0.39 is 22.7 Å². The van der Waals surface area contributed by atoms with Crippen molar-refractivity contribution in [2.24, 2.45) is 4.99 Å². The van der Waals surface area contributed by atoms with Crippen molar-refractivity contribution in [2.45, 2.75) is 30.9 Å². The van der Waals surface area contributed by atoms with Gasteiger partial charge in [-0.3, -0.25) is 9.89 Å². The summed E-state index contributed by atoms with van der Waals surface area (Å²) in [5.41, 5.74) is 1.53. The standard InChI is InChI=1S/C17H26F3N5O2S.HI/c1-21-16(24-15-6-7-25(10-15)12-17(18,19)20)23-9-13-4-3-5-14(8-13)11-28(26,27)22-2;/h3-5,8,15,22H,6-7,9-12H2,1-2H3,(H2,21,23,24);1H. The number of benzene rings is 1. The third-order valence-electron chi connectivity index (χ3n) is 4.36. The third-order valence-corrected chi connectivity index (χ3v) is 5.69. The van der Waals surface area contributed by atoms with Crippen LogP contribution in [0.25, 0.3) is 0 Å². The summed E-state index contributed by atoms with van der Waals surface area (Å²) in [7, 11) is -0.389. The minimum atomic E-state index is -4.19. The van der Waals surface area contributed by atoms with Crippen LogP contribution in [0.5, 0.6) is 0 Å². The molecule has 0 radical (unpaired) electrons. The Morgan fingerprint density at radius 2 is 2.00 bits per heavy atom. The van der Waals surface area contributed by atoms with Crippen molar-refractivity contribution in [1.82, 2.24) is 20.3 Å². The zero-order valence-electron chi connectivity index (χ0n) is 16.3. The molecule has 1 fully saturated rings. The zero-order valence-corrected chi connectivity index (χ0v) is 19.4. The molecule has 1 aromatic carbocycles. The minimum absolute atomic E-state index is 0. The smallest absolute Gasteiger partial charge is 0.352 e. The van der Waals surface area contributed by atoms with Gasteiger partial charge < -0.3 is 10.6 Å². The molecule has 1 aromatic rings. The number of sulfonamides is 1. The van der Waals surface area contributed by atoms with Crippen molar-refractivity contribution in [3.63, 3.8) is 0 Å². The molecule has 29 heavy (non-hydrogen) atoms. The van der Waals surface area contributed by atoms with Crippen molar-refractivity contribution in [2.75, 3.05) is 33.7 Å². The molecule has 1 unspecified atom stereocenters. The first-order chi connectivity index (χ1) is 13.1. The summed E-state index contributed by atoms with van der Waals surface area (Å²) in [5, 5.41) is 6.25. The summed E-state index contributed by atoms with van der Waals surface area (Å²) in [6, 6.07) is 7.05. The van der Waals surface area contributed by atoms with E-state index in [1.54, 1.807) is 25.2 Å². The molecule has 1 saturated heterocycles. The number of guanidine groups is 1. The topological polar surface area (TPSA) is 85.8 Å². The normalized spacial score (nSPS) is 18.4.